The van der Waals surface area contributed by atoms with Gasteiger partial charge in [0, 0.05) is 61.7 Å². The third kappa shape index (κ3) is 5.16. The summed E-state index contributed by atoms with van der Waals surface area (Å²) in [4.78, 5) is 38.6. The molecule has 0 spiro atoms. The van der Waals surface area contributed by atoms with Crippen LogP contribution in [0.4, 0.5) is 15.8 Å². The second-order valence-electron chi connectivity index (χ2n) is 9.09. The van der Waals surface area contributed by atoms with Crippen LogP contribution in [0, 0.1) is 15.9 Å². The van der Waals surface area contributed by atoms with E-state index in [0.717, 1.165) is 24.5 Å². The molecule has 37 heavy (non-hydrogen) atoms. The number of benzene rings is 2. The first-order valence-electron chi connectivity index (χ1n) is 11.7. The Morgan fingerprint density at radius 3 is 2.43 bits per heavy atom. The van der Waals surface area contributed by atoms with E-state index in [4.69, 9.17) is 12.2 Å². The number of anilines is 1. The number of thioether (sulfide) groups is 1. The molecular weight excluding hydrogens is 519 g/mol. The number of nitro groups is 1. The molecule has 2 fully saturated rings. The summed E-state index contributed by atoms with van der Waals surface area (Å²) in [6.07, 6.45) is 3.15. The van der Waals surface area contributed by atoms with E-state index >= 15 is 4.39 Å². The summed E-state index contributed by atoms with van der Waals surface area (Å²) in [5.74, 6) is -1.28. The van der Waals surface area contributed by atoms with Crippen molar-refractivity contribution in [3.63, 3.8) is 0 Å². The Morgan fingerprint density at radius 2 is 1.84 bits per heavy atom. The van der Waals surface area contributed by atoms with E-state index in [9.17, 15) is 24.8 Å². The van der Waals surface area contributed by atoms with Crippen LogP contribution in [0.5, 0.6) is 0 Å². The molecule has 1 aliphatic carbocycles. The van der Waals surface area contributed by atoms with Crippen molar-refractivity contribution in [2.75, 3.05) is 31.1 Å². The summed E-state index contributed by atoms with van der Waals surface area (Å²) >= 11 is 7.07. The van der Waals surface area contributed by atoms with Gasteiger partial charge in [0.2, 0.25) is 5.43 Å². The van der Waals surface area contributed by atoms with Crippen molar-refractivity contribution >= 4 is 56.5 Å². The SMILES string of the molecule is O=C(O)c1cn(C2CC2)c2cc(N3CCN(C(=S)SCc4ccc([N+](=O)[O-])cc4)CC3)c(F)cc2c1=O. The van der Waals surface area contributed by atoms with E-state index in [1.54, 1.807) is 22.8 Å². The molecule has 5 rings (SSSR count). The zero-order chi connectivity index (χ0) is 26.3. The van der Waals surface area contributed by atoms with Crippen LogP contribution in [-0.4, -0.2) is 56.0 Å². The molecule has 1 N–H and O–H groups in total. The number of fused-ring (bicyclic) bond motifs is 1. The van der Waals surface area contributed by atoms with Gasteiger partial charge in [0.25, 0.3) is 5.69 Å². The molecule has 1 aliphatic heterocycles. The largest absolute Gasteiger partial charge is 0.477 e. The number of hydrogen-bond acceptors (Lipinski definition) is 7. The molecule has 0 unspecified atom stereocenters. The number of nitro benzene ring substituents is 1. The van der Waals surface area contributed by atoms with Crippen molar-refractivity contribution in [3.05, 3.63) is 79.9 Å². The molecule has 2 aliphatic rings. The van der Waals surface area contributed by atoms with Crippen molar-refractivity contribution in [1.82, 2.24) is 9.47 Å². The first-order chi connectivity index (χ1) is 17.7. The quantitative estimate of drug-likeness (QED) is 0.275. The molecule has 0 bridgehead atoms. The van der Waals surface area contributed by atoms with Crippen LogP contribution >= 0.6 is 24.0 Å². The van der Waals surface area contributed by atoms with Gasteiger partial charge in [0.15, 0.2) is 0 Å². The van der Waals surface area contributed by atoms with Crippen molar-refractivity contribution in [2.24, 2.45) is 0 Å². The van der Waals surface area contributed by atoms with E-state index in [-0.39, 0.29) is 22.7 Å². The molecule has 1 saturated carbocycles. The number of carboxylic acids is 1. The average Bonchev–Trinajstić information content (AvgIpc) is 3.73. The number of aromatic nitrogens is 1. The number of piperazine rings is 1. The van der Waals surface area contributed by atoms with Gasteiger partial charge >= 0.3 is 5.97 Å². The molecule has 2 heterocycles. The Labute approximate surface area is 220 Å². The Kier molecular flexibility index (Phi) is 6.86. The Bertz CT molecular complexity index is 1460. The summed E-state index contributed by atoms with van der Waals surface area (Å²) in [7, 11) is 0. The van der Waals surface area contributed by atoms with Crippen molar-refractivity contribution in [1.29, 1.82) is 0 Å². The molecule has 0 amide bonds. The van der Waals surface area contributed by atoms with Gasteiger partial charge in [-0.3, -0.25) is 14.9 Å². The minimum absolute atomic E-state index is 0.0461. The number of halogens is 1. The minimum atomic E-state index is -1.32. The molecule has 0 radical (unpaired) electrons. The smallest absolute Gasteiger partial charge is 0.341 e. The summed E-state index contributed by atoms with van der Waals surface area (Å²) in [6.45, 7) is 2.25. The minimum Gasteiger partial charge on any atom is -0.477 e. The lowest BCUT2D eigenvalue weighted by atomic mass is 10.1. The zero-order valence-electron chi connectivity index (χ0n) is 19.6. The first kappa shape index (κ1) is 25.2. The standard InChI is InChI=1S/C25H23FN4O5S2/c26-20-11-18-21(29(16-5-6-16)13-19(23(18)31)24(32)33)12-22(20)27-7-9-28(10-8-27)25(36)37-14-15-1-3-17(4-2-15)30(34)35/h1-4,11-13,16H,5-10,14H2,(H,32,33). The number of pyridine rings is 1. The van der Waals surface area contributed by atoms with Crippen LogP contribution in [0.25, 0.3) is 10.9 Å². The molecule has 12 heteroatoms. The van der Waals surface area contributed by atoms with Gasteiger partial charge in [-0.2, -0.15) is 0 Å². The van der Waals surface area contributed by atoms with E-state index in [0.29, 0.717) is 47.5 Å². The summed E-state index contributed by atoms with van der Waals surface area (Å²) in [5, 5.41) is 20.3. The topological polar surface area (TPSA) is 109 Å². The van der Waals surface area contributed by atoms with Gasteiger partial charge in [-0.25, -0.2) is 9.18 Å². The van der Waals surface area contributed by atoms with E-state index in [1.165, 1.54) is 30.1 Å². The lowest BCUT2D eigenvalue weighted by Crippen LogP contribution is -2.48. The zero-order valence-corrected chi connectivity index (χ0v) is 21.3. The molecule has 2 aromatic carbocycles. The van der Waals surface area contributed by atoms with Gasteiger partial charge in [0.05, 0.1) is 16.1 Å². The number of nitrogens with zero attached hydrogens (tertiary/aromatic N) is 4. The number of thiocarbonyl (C=S) groups is 1. The summed E-state index contributed by atoms with van der Waals surface area (Å²) < 4.78 is 17.7. The molecule has 0 atom stereocenters. The summed E-state index contributed by atoms with van der Waals surface area (Å²) in [6, 6.07) is 9.32. The van der Waals surface area contributed by atoms with Gasteiger partial charge in [-0.1, -0.05) is 36.1 Å². The maximum Gasteiger partial charge on any atom is 0.341 e. The predicted octanol–water partition coefficient (Wildman–Crippen LogP) is 4.42. The molecule has 3 aromatic rings. The molecular formula is C25H23FN4O5S2. The average molecular weight is 543 g/mol. The Balaban J connectivity index is 1.28. The van der Waals surface area contributed by atoms with Crippen LogP contribution in [-0.2, 0) is 5.75 Å². The number of carboxylic acid groups (broad SMARTS) is 1. The van der Waals surface area contributed by atoms with E-state index in [1.807, 2.05) is 4.90 Å². The second kappa shape index (κ2) is 10.1. The summed E-state index contributed by atoms with van der Waals surface area (Å²) in [5.41, 5.74) is 0.886. The highest BCUT2D eigenvalue weighted by molar-refractivity contribution is 8.22. The van der Waals surface area contributed by atoms with Gasteiger partial charge in [0.1, 0.15) is 15.7 Å². The maximum atomic E-state index is 15.2. The third-order valence-corrected chi connectivity index (χ3v) is 8.25. The van der Waals surface area contributed by atoms with Gasteiger partial charge < -0.3 is 19.5 Å². The Morgan fingerprint density at radius 1 is 1.16 bits per heavy atom. The van der Waals surface area contributed by atoms with Crippen LogP contribution in [0.15, 0.2) is 47.4 Å². The van der Waals surface area contributed by atoms with Crippen LogP contribution in [0.2, 0.25) is 0 Å². The molecule has 192 valence electrons. The molecule has 1 saturated heterocycles. The lowest BCUT2D eigenvalue weighted by Gasteiger charge is -2.37. The number of rotatable bonds is 6. The fourth-order valence-electron chi connectivity index (χ4n) is 4.49. The number of hydrogen-bond donors (Lipinski definition) is 1. The van der Waals surface area contributed by atoms with E-state index < -0.39 is 22.1 Å². The van der Waals surface area contributed by atoms with Crippen molar-refractivity contribution in [2.45, 2.75) is 24.6 Å². The highest BCUT2D eigenvalue weighted by atomic mass is 32.2. The van der Waals surface area contributed by atoms with Crippen LogP contribution in [0.3, 0.4) is 0 Å². The fraction of sp³-hybridized carbons (Fsp3) is 0.320. The Hall–Kier alpha value is -3.51. The number of non-ortho nitro benzene ring substituents is 1. The fourth-order valence-corrected chi connectivity index (χ4v) is 5.70. The van der Waals surface area contributed by atoms with Crippen LogP contribution in [0.1, 0.15) is 34.8 Å². The van der Waals surface area contributed by atoms with Crippen LogP contribution < -0.4 is 10.3 Å². The van der Waals surface area contributed by atoms with E-state index in [2.05, 4.69) is 4.90 Å². The third-order valence-electron chi connectivity index (χ3n) is 6.66. The van der Waals surface area contributed by atoms with Gasteiger partial charge in [-0.05, 0) is 30.5 Å². The number of aromatic carboxylic acids is 1. The molecule has 9 nitrogen and oxygen atoms in total. The first-order valence-corrected chi connectivity index (χ1v) is 13.1. The highest BCUT2D eigenvalue weighted by Gasteiger charge is 2.28. The maximum absolute atomic E-state index is 15.2. The van der Waals surface area contributed by atoms with Crippen molar-refractivity contribution < 1.29 is 19.2 Å². The normalized spacial score (nSPS) is 15.7. The monoisotopic (exact) mass is 542 g/mol. The van der Waals surface area contributed by atoms with Crippen molar-refractivity contribution in [3.8, 4) is 0 Å². The van der Waals surface area contributed by atoms with Gasteiger partial charge in [-0.15, -0.1) is 0 Å². The lowest BCUT2D eigenvalue weighted by molar-refractivity contribution is -0.384. The predicted molar refractivity (Wildman–Crippen MR) is 144 cm³/mol. The highest BCUT2D eigenvalue weighted by Crippen LogP contribution is 2.38. The second-order valence-corrected chi connectivity index (χ2v) is 10.7. The number of carbonyl (C=O) groups is 1. The molecule has 1 aromatic heterocycles.